The van der Waals surface area contributed by atoms with Crippen molar-refractivity contribution in [3.63, 3.8) is 0 Å². The summed E-state index contributed by atoms with van der Waals surface area (Å²) >= 11 is 18.0. The average Bonchev–Trinajstić information content (AvgIpc) is 2.52. The van der Waals surface area contributed by atoms with Gasteiger partial charge in [0, 0.05) is 10.5 Å². The fourth-order valence-corrected chi connectivity index (χ4v) is 3.84. The van der Waals surface area contributed by atoms with E-state index in [1.54, 1.807) is 0 Å². The molecule has 0 N–H and O–H groups in total. The van der Waals surface area contributed by atoms with E-state index < -0.39 is 0 Å². The van der Waals surface area contributed by atoms with Crippen LogP contribution in [-0.4, -0.2) is 22.0 Å². The van der Waals surface area contributed by atoms with Crippen molar-refractivity contribution in [3.8, 4) is 0 Å². The van der Waals surface area contributed by atoms with Gasteiger partial charge in [0.05, 0.1) is 0 Å². The van der Waals surface area contributed by atoms with Crippen molar-refractivity contribution in [1.82, 2.24) is 0 Å². The van der Waals surface area contributed by atoms with Crippen LogP contribution >= 0.6 is 50.5 Å². The number of hydrogen-bond acceptors (Lipinski definition) is 4. The maximum atomic E-state index is 4.76. The van der Waals surface area contributed by atoms with Crippen molar-refractivity contribution < 1.29 is 0 Å². The van der Waals surface area contributed by atoms with E-state index in [9.17, 15) is 0 Å². The molecule has 134 valence electrons. The molecule has 2 atom stereocenters. The van der Waals surface area contributed by atoms with Crippen molar-refractivity contribution in [1.29, 1.82) is 0 Å². The molecule has 0 aliphatic heterocycles. The molecule has 0 saturated heterocycles. The minimum atomic E-state index is 0.477. The van der Waals surface area contributed by atoms with E-state index in [4.69, 9.17) is 25.3 Å². The highest BCUT2D eigenvalue weighted by Crippen LogP contribution is 2.22. The Morgan fingerprint density at radius 3 is 1.00 bits per heavy atom. The molecule has 0 aliphatic rings. The lowest BCUT2D eigenvalue weighted by Gasteiger charge is -2.18. The van der Waals surface area contributed by atoms with Gasteiger partial charge < -0.3 is 0 Å². The van der Waals surface area contributed by atoms with E-state index in [0.717, 1.165) is 11.5 Å². The van der Waals surface area contributed by atoms with Crippen molar-refractivity contribution in [2.45, 2.75) is 100 Å². The molecule has 0 aromatic carbocycles. The van der Waals surface area contributed by atoms with Gasteiger partial charge >= 0.3 is 0 Å². The smallest absolute Gasteiger partial charge is 0.0133 e. The fourth-order valence-electron chi connectivity index (χ4n) is 2.73. The summed E-state index contributed by atoms with van der Waals surface area (Å²) in [5, 5.41) is 0.954. The molecule has 0 heterocycles. The molecule has 0 amide bonds. The maximum Gasteiger partial charge on any atom is 0.0133 e. The Morgan fingerprint density at radius 1 is 0.409 bits per heavy atom. The van der Waals surface area contributed by atoms with E-state index in [1.807, 2.05) is 0 Å². The molecule has 0 spiro atoms. The van der Waals surface area contributed by atoms with E-state index >= 15 is 0 Å². The molecule has 0 nitrogen and oxygen atoms in total. The van der Waals surface area contributed by atoms with Crippen LogP contribution in [0.5, 0.6) is 0 Å². The van der Waals surface area contributed by atoms with Crippen LogP contribution in [0.2, 0.25) is 0 Å². The molecule has 0 bridgehead atoms. The quantitative estimate of drug-likeness (QED) is 0.152. The van der Waals surface area contributed by atoms with Crippen molar-refractivity contribution in [2.75, 3.05) is 11.5 Å². The van der Waals surface area contributed by atoms with Crippen LogP contribution in [0, 0.1) is 0 Å². The summed E-state index contributed by atoms with van der Waals surface area (Å²) in [4.78, 5) is 0. The van der Waals surface area contributed by atoms with Crippen LogP contribution < -0.4 is 0 Å². The largest absolute Gasteiger partial charge is 0.179 e. The summed E-state index contributed by atoms with van der Waals surface area (Å²) in [6.07, 6.45) is 18.5. The van der Waals surface area contributed by atoms with Crippen LogP contribution in [0.25, 0.3) is 0 Å². The predicted octanol–water partition coefficient (Wildman–Crippen LogP) is 6.90. The third kappa shape index (κ3) is 16.3. The number of thiol groups is 4. The summed E-state index contributed by atoms with van der Waals surface area (Å²) in [7, 11) is 0. The zero-order valence-corrected chi connectivity index (χ0v) is 17.8. The Kier molecular flexibility index (Phi) is 19.9. The lowest BCUT2D eigenvalue weighted by molar-refractivity contribution is 0.548. The SMILES string of the molecule is SCCCCCCCC[C@H](S)[C@@H](S)CCCCCCCCS. The summed E-state index contributed by atoms with van der Waals surface area (Å²) in [5.74, 6) is 2.07. The summed E-state index contributed by atoms with van der Waals surface area (Å²) in [5.41, 5.74) is 0. The normalized spacial score (nSPS) is 14.2. The van der Waals surface area contributed by atoms with Crippen LogP contribution in [0.1, 0.15) is 89.9 Å². The van der Waals surface area contributed by atoms with E-state index in [1.165, 1.54) is 89.9 Å². The number of unbranched alkanes of at least 4 members (excludes halogenated alkanes) is 10. The van der Waals surface area contributed by atoms with Gasteiger partial charge in [-0.25, -0.2) is 0 Å². The molecule has 0 aromatic heterocycles. The molecule has 22 heavy (non-hydrogen) atoms. The zero-order valence-electron chi connectivity index (χ0n) is 14.3. The molecular formula is C18H38S4. The molecule has 0 unspecified atom stereocenters. The van der Waals surface area contributed by atoms with Gasteiger partial charge in [0.1, 0.15) is 0 Å². The Balaban J connectivity index is 3.33. The topological polar surface area (TPSA) is 0 Å². The lowest BCUT2D eigenvalue weighted by atomic mass is 10.0. The number of rotatable bonds is 17. The molecule has 0 rings (SSSR count). The van der Waals surface area contributed by atoms with Crippen molar-refractivity contribution >= 4 is 50.5 Å². The summed E-state index contributed by atoms with van der Waals surface area (Å²) in [6, 6.07) is 0. The van der Waals surface area contributed by atoms with Crippen molar-refractivity contribution in [2.24, 2.45) is 0 Å². The first kappa shape index (κ1) is 23.4. The van der Waals surface area contributed by atoms with Gasteiger partial charge in [0.15, 0.2) is 0 Å². The molecule has 0 fully saturated rings. The van der Waals surface area contributed by atoms with E-state index in [2.05, 4.69) is 25.3 Å². The van der Waals surface area contributed by atoms with Crippen LogP contribution in [0.3, 0.4) is 0 Å². The summed E-state index contributed by atoms with van der Waals surface area (Å²) < 4.78 is 0. The molecular weight excluding hydrogens is 344 g/mol. The number of hydrogen-bond donors (Lipinski definition) is 4. The standard InChI is InChI=1S/C18H38S4/c19-15-11-7-3-1-5-9-13-17(21)18(22)14-10-6-2-4-8-12-16-20/h17-22H,1-16H2/t17-,18-/m0/s1. The van der Waals surface area contributed by atoms with Crippen LogP contribution in [0.15, 0.2) is 0 Å². The predicted molar refractivity (Wildman–Crippen MR) is 118 cm³/mol. The summed E-state index contributed by atoms with van der Waals surface area (Å²) in [6.45, 7) is 0. The second kappa shape index (κ2) is 18.7. The Morgan fingerprint density at radius 2 is 0.682 bits per heavy atom. The van der Waals surface area contributed by atoms with Gasteiger partial charge in [-0.1, -0.05) is 64.2 Å². The highest BCUT2D eigenvalue weighted by Gasteiger charge is 2.13. The molecule has 0 aliphatic carbocycles. The van der Waals surface area contributed by atoms with Gasteiger partial charge in [-0.3, -0.25) is 0 Å². The molecule has 0 saturated carbocycles. The first-order valence-electron chi connectivity index (χ1n) is 9.30. The van der Waals surface area contributed by atoms with Gasteiger partial charge in [0.25, 0.3) is 0 Å². The molecule has 4 heteroatoms. The lowest BCUT2D eigenvalue weighted by Crippen LogP contribution is -2.15. The molecule has 0 aromatic rings. The second-order valence-corrected chi connectivity index (χ2v) is 8.62. The Labute approximate surface area is 162 Å². The first-order chi connectivity index (χ1) is 10.7. The average molecular weight is 383 g/mol. The second-order valence-electron chi connectivity index (χ2n) is 6.40. The first-order valence-corrected chi connectivity index (χ1v) is 11.6. The van der Waals surface area contributed by atoms with Gasteiger partial charge in [-0.15, -0.1) is 0 Å². The third-order valence-electron chi connectivity index (χ3n) is 4.26. The maximum absolute atomic E-state index is 4.76. The Bertz CT molecular complexity index is 189. The van der Waals surface area contributed by atoms with Gasteiger partial charge in [-0.05, 0) is 37.2 Å². The molecule has 0 radical (unpaired) electrons. The highest BCUT2D eigenvalue weighted by atomic mass is 32.1. The third-order valence-corrected chi connectivity index (χ3v) is 6.36. The minimum absolute atomic E-state index is 0.477. The van der Waals surface area contributed by atoms with Crippen LogP contribution in [-0.2, 0) is 0 Å². The fraction of sp³-hybridized carbons (Fsp3) is 1.00. The van der Waals surface area contributed by atoms with E-state index in [0.29, 0.717) is 10.5 Å². The van der Waals surface area contributed by atoms with Crippen molar-refractivity contribution in [3.05, 3.63) is 0 Å². The Hall–Kier alpha value is 1.40. The van der Waals surface area contributed by atoms with E-state index in [-0.39, 0.29) is 0 Å². The zero-order chi connectivity index (χ0) is 16.5. The monoisotopic (exact) mass is 382 g/mol. The van der Waals surface area contributed by atoms with Crippen LogP contribution in [0.4, 0.5) is 0 Å². The minimum Gasteiger partial charge on any atom is -0.179 e. The highest BCUT2D eigenvalue weighted by molar-refractivity contribution is 7.85. The van der Waals surface area contributed by atoms with Gasteiger partial charge in [0.2, 0.25) is 0 Å². The van der Waals surface area contributed by atoms with Gasteiger partial charge in [-0.2, -0.15) is 50.5 Å².